The Morgan fingerprint density at radius 1 is 1.30 bits per heavy atom. The van der Waals surface area contributed by atoms with E-state index in [4.69, 9.17) is 15.6 Å². The number of rotatable bonds is 7. The Hall–Kier alpha value is -2.77. The molecule has 5 N–H and O–H groups in total. The number of nitrogens with two attached hydrogens (primary N) is 1. The Morgan fingerprint density at radius 2 is 1.95 bits per heavy atom. The van der Waals surface area contributed by atoms with Crippen LogP contribution in [0.3, 0.4) is 0 Å². The molecule has 20 heavy (non-hydrogen) atoms. The van der Waals surface area contributed by atoms with E-state index in [9.17, 15) is 19.5 Å². The summed E-state index contributed by atoms with van der Waals surface area (Å²) in [6.07, 6.45) is -0.516. The van der Waals surface area contributed by atoms with E-state index in [1.807, 2.05) is 0 Å². The second-order valence-corrected chi connectivity index (χ2v) is 3.89. The Balaban J connectivity index is 2.52. The van der Waals surface area contributed by atoms with Crippen LogP contribution in [0.4, 0.5) is 0 Å². The number of carboxylic acids is 1. The lowest BCUT2D eigenvalue weighted by Crippen LogP contribution is -2.45. The molecule has 8 heteroatoms. The molecule has 0 aliphatic carbocycles. The van der Waals surface area contributed by atoms with Gasteiger partial charge in [0, 0.05) is 0 Å². The number of hydrogen-bond donors (Lipinski definition) is 4. The van der Waals surface area contributed by atoms with Gasteiger partial charge >= 0.3 is 5.97 Å². The van der Waals surface area contributed by atoms with Crippen molar-refractivity contribution < 1.29 is 29.3 Å². The molecular formula is C12H14N2O6. The zero-order chi connectivity index (χ0) is 15.1. The first-order valence-corrected chi connectivity index (χ1v) is 5.61. The second-order valence-electron chi connectivity index (χ2n) is 3.89. The first kappa shape index (κ1) is 15.3. The number of carbonyl (C=O) groups excluding carboxylic acids is 2. The zero-order valence-corrected chi connectivity index (χ0v) is 10.4. The number of primary amides is 1. The molecule has 0 unspecified atom stereocenters. The Kier molecular flexibility index (Phi) is 5.33. The molecule has 0 aliphatic rings. The average Bonchev–Trinajstić information content (AvgIpc) is 2.36. The summed E-state index contributed by atoms with van der Waals surface area (Å²) in [5.74, 6) is -3.03. The number of phenolic OH excluding ortho intramolecular Hbond substituents is 1. The van der Waals surface area contributed by atoms with Crippen molar-refractivity contribution in [3.63, 3.8) is 0 Å². The molecule has 2 amide bonds. The van der Waals surface area contributed by atoms with E-state index < -0.39 is 36.9 Å². The molecule has 1 rings (SSSR count). The second kappa shape index (κ2) is 6.98. The summed E-state index contributed by atoms with van der Waals surface area (Å²) >= 11 is 0. The highest BCUT2D eigenvalue weighted by Crippen LogP contribution is 2.23. The minimum absolute atomic E-state index is 0.0874. The van der Waals surface area contributed by atoms with Gasteiger partial charge in [0.2, 0.25) is 5.91 Å². The average molecular weight is 282 g/mol. The third-order valence-corrected chi connectivity index (χ3v) is 2.26. The number of carbonyl (C=O) groups is 3. The van der Waals surface area contributed by atoms with Gasteiger partial charge in [-0.1, -0.05) is 12.1 Å². The fourth-order valence-electron chi connectivity index (χ4n) is 1.36. The normalized spacial score (nSPS) is 11.4. The van der Waals surface area contributed by atoms with Crippen LogP contribution in [0.1, 0.15) is 6.42 Å². The number of para-hydroxylation sites is 2. The number of hydrogen-bond acceptors (Lipinski definition) is 5. The van der Waals surface area contributed by atoms with Crippen molar-refractivity contribution in [3.05, 3.63) is 24.3 Å². The lowest BCUT2D eigenvalue weighted by Gasteiger charge is -2.13. The monoisotopic (exact) mass is 282 g/mol. The molecule has 0 aliphatic heterocycles. The van der Waals surface area contributed by atoms with E-state index in [0.717, 1.165) is 0 Å². The van der Waals surface area contributed by atoms with Crippen LogP contribution in [0.2, 0.25) is 0 Å². The maximum absolute atomic E-state index is 11.5. The highest BCUT2D eigenvalue weighted by atomic mass is 16.5. The van der Waals surface area contributed by atoms with Gasteiger partial charge in [-0.25, -0.2) is 4.79 Å². The Labute approximate surface area is 114 Å². The Morgan fingerprint density at radius 3 is 2.50 bits per heavy atom. The van der Waals surface area contributed by atoms with Crippen molar-refractivity contribution in [1.82, 2.24) is 5.32 Å². The van der Waals surface area contributed by atoms with E-state index in [-0.39, 0.29) is 11.5 Å². The van der Waals surface area contributed by atoms with Crippen molar-refractivity contribution >= 4 is 17.8 Å². The van der Waals surface area contributed by atoms with E-state index in [0.29, 0.717) is 0 Å². The predicted octanol–water partition coefficient (Wildman–Crippen LogP) is -0.784. The van der Waals surface area contributed by atoms with Gasteiger partial charge in [0.1, 0.15) is 6.04 Å². The van der Waals surface area contributed by atoms with Crippen LogP contribution < -0.4 is 15.8 Å². The van der Waals surface area contributed by atoms with Gasteiger partial charge in [-0.3, -0.25) is 9.59 Å². The van der Waals surface area contributed by atoms with Crippen molar-refractivity contribution in [2.75, 3.05) is 6.61 Å². The van der Waals surface area contributed by atoms with Gasteiger partial charge in [-0.2, -0.15) is 0 Å². The van der Waals surface area contributed by atoms with Crippen LogP contribution in [0.5, 0.6) is 11.5 Å². The number of amides is 2. The van der Waals surface area contributed by atoms with Crippen LogP contribution in [0.25, 0.3) is 0 Å². The van der Waals surface area contributed by atoms with Crippen molar-refractivity contribution in [3.8, 4) is 11.5 Å². The lowest BCUT2D eigenvalue weighted by molar-refractivity contribution is -0.143. The molecule has 0 spiro atoms. The third kappa shape index (κ3) is 4.84. The summed E-state index contributed by atoms with van der Waals surface area (Å²) in [6, 6.07) is 4.59. The molecule has 0 aromatic heterocycles. The van der Waals surface area contributed by atoms with Gasteiger partial charge in [-0.05, 0) is 12.1 Å². The van der Waals surface area contributed by atoms with Gasteiger partial charge in [0.15, 0.2) is 18.1 Å². The van der Waals surface area contributed by atoms with Crippen molar-refractivity contribution in [2.24, 2.45) is 5.73 Å². The van der Waals surface area contributed by atoms with Gasteiger partial charge in [-0.15, -0.1) is 0 Å². The maximum atomic E-state index is 11.5. The molecule has 0 saturated heterocycles. The molecule has 1 aromatic rings. The molecule has 1 atom stereocenters. The summed E-state index contributed by atoms with van der Waals surface area (Å²) in [5.41, 5.74) is 4.87. The SMILES string of the molecule is NC(=O)C[C@H](NC(=O)COc1ccccc1O)C(=O)O. The number of phenols is 1. The Bertz CT molecular complexity index is 516. The number of ether oxygens (including phenoxy) is 1. The summed E-state index contributed by atoms with van der Waals surface area (Å²) in [6.45, 7) is -0.500. The van der Waals surface area contributed by atoms with E-state index >= 15 is 0 Å². The van der Waals surface area contributed by atoms with Crippen LogP contribution in [0.15, 0.2) is 24.3 Å². The quantitative estimate of drug-likeness (QED) is 0.517. The molecule has 108 valence electrons. The third-order valence-electron chi connectivity index (χ3n) is 2.26. The zero-order valence-electron chi connectivity index (χ0n) is 10.4. The molecule has 8 nitrogen and oxygen atoms in total. The minimum Gasteiger partial charge on any atom is -0.504 e. The number of aromatic hydroxyl groups is 1. The van der Waals surface area contributed by atoms with Crippen LogP contribution in [-0.4, -0.2) is 40.6 Å². The molecule has 0 bridgehead atoms. The summed E-state index contributed by atoms with van der Waals surface area (Å²) in [4.78, 5) is 32.9. The van der Waals surface area contributed by atoms with Gasteiger partial charge < -0.3 is 26.0 Å². The summed E-state index contributed by atoms with van der Waals surface area (Å²) in [5, 5.41) is 20.3. The van der Waals surface area contributed by atoms with Gasteiger partial charge in [0.05, 0.1) is 6.42 Å². The maximum Gasteiger partial charge on any atom is 0.326 e. The largest absolute Gasteiger partial charge is 0.504 e. The topological polar surface area (TPSA) is 139 Å². The smallest absolute Gasteiger partial charge is 0.326 e. The fraction of sp³-hybridized carbons (Fsp3) is 0.250. The number of nitrogens with one attached hydrogen (secondary N) is 1. The molecular weight excluding hydrogens is 268 g/mol. The molecule has 1 aromatic carbocycles. The molecule has 0 fully saturated rings. The molecule has 0 radical (unpaired) electrons. The van der Waals surface area contributed by atoms with Gasteiger partial charge in [0.25, 0.3) is 5.91 Å². The van der Waals surface area contributed by atoms with Crippen LogP contribution >= 0.6 is 0 Å². The standard InChI is InChI=1S/C12H14N2O6/c13-10(16)5-7(12(18)19)14-11(17)6-20-9-4-2-1-3-8(9)15/h1-4,7,15H,5-6H2,(H2,13,16)(H,14,17)(H,18,19)/t7-/m0/s1. The van der Waals surface area contributed by atoms with E-state index in [1.54, 1.807) is 12.1 Å². The van der Waals surface area contributed by atoms with Crippen molar-refractivity contribution in [2.45, 2.75) is 12.5 Å². The summed E-state index contributed by atoms with van der Waals surface area (Å²) < 4.78 is 5.01. The highest BCUT2D eigenvalue weighted by molar-refractivity contribution is 5.88. The molecule has 0 heterocycles. The lowest BCUT2D eigenvalue weighted by atomic mass is 10.2. The number of aliphatic carboxylic acids is 1. The first-order valence-electron chi connectivity index (χ1n) is 5.61. The molecule has 0 saturated carbocycles. The minimum atomic E-state index is -1.41. The number of carboxylic acid groups (broad SMARTS) is 1. The fourth-order valence-corrected chi connectivity index (χ4v) is 1.36. The summed E-state index contributed by atoms with van der Waals surface area (Å²) in [7, 11) is 0. The van der Waals surface area contributed by atoms with E-state index in [1.165, 1.54) is 12.1 Å². The highest BCUT2D eigenvalue weighted by Gasteiger charge is 2.22. The van der Waals surface area contributed by atoms with E-state index in [2.05, 4.69) is 5.32 Å². The van der Waals surface area contributed by atoms with Crippen LogP contribution in [-0.2, 0) is 14.4 Å². The predicted molar refractivity (Wildman–Crippen MR) is 67.0 cm³/mol. The first-order chi connectivity index (χ1) is 9.40. The number of benzene rings is 1. The van der Waals surface area contributed by atoms with Crippen LogP contribution in [0, 0.1) is 0 Å². The van der Waals surface area contributed by atoms with Crippen molar-refractivity contribution in [1.29, 1.82) is 0 Å².